The Morgan fingerprint density at radius 1 is 1.24 bits per heavy atom. The second kappa shape index (κ2) is 6.36. The van der Waals surface area contributed by atoms with E-state index in [9.17, 15) is 4.79 Å². The maximum absolute atomic E-state index is 11.6. The van der Waals surface area contributed by atoms with Gasteiger partial charge < -0.3 is 11.1 Å². The number of amides is 1. The van der Waals surface area contributed by atoms with Crippen molar-refractivity contribution in [1.29, 1.82) is 0 Å². The molecule has 0 atom stereocenters. The van der Waals surface area contributed by atoms with E-state index in [0.717, 1.165) is 32.1 Å². The van der Waals surface area contributed by atoms with E-state index in [1.807, 2.05) is 0 Å². The van der Waals surface area contributed by atoms with Crippen LogP contribution in [0.2, 0.25) is 0 Å². The molecule has 0 unspecified atom stereocenters. The lowest BCUT2D eigenvalue weighted by Crippen LogP contribution is -2.43. The van der Waals surface area contributed by atoms with Crippen molar-refractivity contribution in [3.05, 3.63) is 0 Å². The third kappa shape index (κ3) is 4.28. The Labute approximate surface area is 104 Å². The van der Waals surface area contributed by atoms with Crippen LogP contribution in [0.15, 0.2) is 0 Å². The standard InChI is InChI=1S/C13H25N3O/c14-8-2-9-16(12-3-1-4-12)10-7-13(17)15-11-5-6-11/h11-12H,1-10,14H2,(H,15,17). The molecule has 2 fully saturated rings. The molecule has 1 amide bonds. The molecule has 98 valence electrons. The van der Waals surface area contributed by atoms with E-state index >= 15 is 0 Å². The molecule has 17 heavy (non-hydrogen) atoms. The van der Waals surface area contributed by atoms with Crippen molar-refractivity contribution in [2.24, 2.45) is 5.73 Å². The SMILES string of the molecule is NCCCN(CCC(=O)NC1CC1)C1CCC1. The van der Waals surface area contributed by atoms with Crippen molar-refractivity contribution in [2.45, 2.75) is 57.0 Å². The molecular weight excluding hydrogens is 214 g/mol. The molecule has 0 heterocycles. The van der Waals surface area contributed by atoms with Gasteiger partial charge in [0.1, 0.15) is 0 Å². The Morgan fingerprint density at radius 3 is 2.53 bits per heavy atom. The van der Waals surface area contributed by atoms with E-state index in [1.54, 1.807) is 0 Å². The summed E-state index contributed by atoms with van der Waals surface area (Å²) in [6.45, 7) is 2.71. The summed E-state index contributed by atoms with van der Waals surface area (Å²) in [4.78, 5) is 14.1. The molecule has 0 aliphatic heterocycles. The van der Waals surface area contributed by atoms with E-state index in [2.05, 4.69) is 10.2 Å². The summed E-state index contributed by atoms with van der Waals surface area (Å²) in [5, 5.41) is 3.05. The molecule has 4 heteroatoms. The zero-order valence-corrected chi connectivity index (χ0v) is 10.7. The van der Waals surface area contributed by atoms with Gasteiger partial charge in [-0.15, -0.1) is 0 Å². The highest BCUT2D eigenvalue weighted by atomic mass is 16.1. The largest absolute Gasteiger partial charge is 0.353 e. The number of hydrogen-bond donors (Lipinski definition) is 2. The molecule has 2 saturated carbocycles. The minimum atomic E-state index is 0.226. The molecule has 0 aromatic rings. The Balaban J connectivity index is 1.65. The van der Waals surface area contributed by atoms with Crippen molar-refractivity contribution in [3.8, 4) is 0 Å². The van der Waals surface area contributed by atoms with Crippen molar-refractivity contribution in [3.63, 3.8) is 0 Å². The summed E-state index contributed by atoms with van der Waals surface area (Å²) in [5.74, 6) is 0.226. The summed E-state index contributed by atoms with van der Waals surface area (Å²) in [7, 11) is 0. The molecule has 2 aliphatic carbocycles. The Morgan fingerprint density at radius 2 is 2.00 bits per heavy atom. The fourth-order valence-corrected chi connectivity index (χ4v) is 2.30. The van der Waals surface area contributed by atoms with Crippen LogP contribution in [0.5, 0.6) is 0 Å². The second-order valence-electron chi connectivity index (χ2n) is 5.35. The summed E-state index contributed by atoms with van der Waals surface area (Å²) >= 11 is 0. The second-order valence-corrected chi connectivity index (χ2v) is 5.35. The molecule has 4 nitrogen and oxygen atoms in total. The van der Waals surface area contributed by atoms with Crippen LogP contribution in [0.25, 0.3) is 0 Å². The van der Waals surface area contributed by atoms with Crippen LogP contribution in [-0.4, -0.2) is 42.5 Å². The highest BCUT2D eigenvalue weighted by molar-refractivity contribution is 5.76. The van der Waals surface area contributed by atoms with E-state index in [-0.39, 0.29) is 5.91 Å². The number of nitrogens with two attached hydrogens (primary N) is 1. The predicted molar refractivity (Wildman–Crippen MR) is 68.7 cm³/mol. The first kappa shape index (κ1) is 12.8. The molecule has 0 aromatic carbocycles. The van der Waals surface area contributed by atoms with Crippen LogP contribution < -0.4 is 11.1 Å². The van der Waals surface area contributed by atoms with Gasteiger partial charge in [0.25, 0.3) is 0 Å². The smallest absolute Gasteiger partial charge is 0.221 e. The fraction of sp³-hybridized carbons (Fsp3) is 0.923. The van der Waals surface area contributed by atoms with E-state index in [4.69, 9.17) is 5.73 Å². The van der Waals surface area contributed by atoms with Gasteiger partial charge >= 0.3 is 0 Å². The van der Waals surface area contributed by atoms with Gasteiger partial charge in [-0.25, -0.2) is 0 Å². The molecule has 0 saturated heterocycles. The van der Waals surface area contributed by atoms with Crippen LogP contribution in [0, 0.1) is 0 Å². The number of nitrogens with one attached hydrogen (secondary N) is 1. The van der Waals surface area contributed by atoms with Crippen LogP contribution in [-0.2, 0) is 4.79 Å². The molecule has 0 radical (unpaired) electrons. The van der Waals surface area contributed by atoms with Crippen LogP contribution >= 0.6 is 0 Å². The maximum atomic E-state index is 11.6. The molecule has 2 rings (SSSR count). The lowest BCUT2D eigenvalue weighted by atomic mass is 9.91. The van der Waals surface area contributed by atoms with E-state index in [1.165, 1.54) is 32.1 Å². The summed E-state index contributed by atoms with van der Waals surface area (Å²) in [5.41, 5.74) is 5.56. The van der Waals surface area contributed by atoms with Crippen LogP contribution in [0.1, 0.15) is 44.9 Å². The lowest BCUT2D eigenvalue weighted by molar-refractivity contribution is -0.121. The first-order chi connectivity index (χ1) is 8.29. The number of nitrogens with zero attached hydrogens (tertiary/aromatic N) is 1. The monoisotopic (exact) mass is 239 g/mol. The van der Waals surface area contributed by atoms with Gasteiger partial charge in [-0.2, -0.15) is 0 Å². The summed E-state index contributed by atoms with van der Waals surface area (Å²) in [6.07, 6.45) is 7.98. The first-order valence-corrected chi connectivity index (χ1v) is 7.03. The van der Waals surface area contributed by atoms with Crippen molar-refractivity contribution in [2.75, 3.05) is 19.6 Å². The number of carbonyl (C=O) groups is 1. The van der Waals surface area contributed by atoms with Crippen LogP contribution in [0.3, 0.4) is 0 Å². The quantitative estimate of drug-likeness (QED) is 0.660. The molecule has 0 aromatic heterocycles. The molecule has 2 aliphatic rings. The lowest BCUT2D eigenvalue weighted by Gasteiger charge is -2.37. The predicted octanol–water partition coefficient (Wildman–Crippen LogP) is 0.858. The normalized spacial score (nSPS) is 20.4. The van der Waals surface area contributed by atoms with E-state index < -0.39 is 0 Å². The fourth-order valence-electron chi connectivity index (χ4n) is 2.30. The van der Waals surface area contributed by atoms with Gasteiger partial charge in [0, 0.05) is 25.0 Å². The zero-order chi connectivity index (χ0) is 12.1. The third-order valence-electron chi connectivity index (χ3n) is 3.81. The van der Waals surface area contributed by atoms with Gasteiger partial charge in [-0.1, -0.05) is 6.42 Å². The van der Waals surface area contributed by atoms with Crippen molar-refractivity contribution < 1.29 is 4.79 Å². The minimum absolute atomic E-state index is 0.226. The molecule has 0 spiro atoms. The Kier molecular flexibility index (Phi) is 4.80. The highest BCUT2D eigenvalue weighted by Crippen LogP contribution is 2.25. The van der Waals surface area contributed by atoms with Crippen molar-refractivity contribution in [1.82, 2.24) is 10.2 Å². The first-order valence-electron chi connectivity index (χ1n) is 7.03. The third-order valence-corrected chi connectivity index (χ3v) is 3.81. The number of hydrogen-bond acceptors (Lipinski definition) is 3. The molecular formula is C13H25N3O. The van der Waals surface area contributed by atoms with E-state index in [0.29, 0.717) is 12.5 Å². The molecule has 3 N–H and O–H groups in total. The van der Waals surface area contributed by atoms with Gasteiger partial charge in [0.15, 0.2) is 0 Å². The van der Waals surface area contributed by atoms with Crippen LogP contribution in [0.4, 0.5) is 0 Å². The minimum Gasteiger partial charge on any atom is -0.353 e. The van der Waals surface area contributed by atoms with Gasteiger partial charge in [-0.05, 0) is 45.2 Å². The van der Waals surface area contributed by atoms with Crippen molar-refractivity contribution >= 4 is 5.91 Å². The maximum Gasteiger partial charge on any atom is 0.221 e. The highest BCUT2D eigenvalue weighted by Gasteiger charge is 2.26. The summed E-state index contributed by atoms with van der Waals surface area (Å²) in [6, 6.07) is 1.21. The Hall–Kier alpha value is -0.610. The van der Waals surface area contributed by atoms with Gasteiger partial charge in [0.2, 0.25) is 5.91 Å². The van der Waals surface area contributed by atoms with Gasteiger partial charge in [0.05, 0.1) is 0 Å². The van der Waals surface area contributed by atoms with Gasteiger partial charge in [-0.3, -0.25) is 9.69 Å². The average Bonchev–Trinajstić information content (AvgIpc) is 3.03. The topological polar surface area (TPSA) is 58.4 Å². The zero-order valence-electron chi connectivity index (χ0n) is 10.7. The number of carbonyl (C=O) groups excluding carboxylic acids is 1. The Bertz CT molecular complexity index is 249. The molecule has 0 bridgehead atoms. The summed E-state index contributed by atoms with van der Waals surface area (Å²) < 4.78 is 0. The number of rotatable bonds is 8. The average molecular weight is 239 g/mol.